The van der Waals surface area contributed by atoms with Crippen molar-refractivity contribution in [3.05, 3.63) is 35.9 Å². The minimum Gasteiger partial charge on any atom is -0.395 e. The molecule has 0 bridgehead atoms. The van der Waals surface area contributed by atoms with Crippen molar-refractivity contribution in [2.45, 2.75) is 44.9 Å². The molecule has 4 heteroatoms. The van der Waals surface area contributed by atoms with Crippen molar-refractivity contribution < 1.29 is 10.2 Å². The van der Waals surface area contributed by atoms with Crippen molar-refractivity contribution in [3.63, 3.8) is 0 Å². The molecule has 0 aromatic heterocycles. The van der Waals surface area contributed by atoms with Crippen LogP contribution in [0.3, 0.4) is 0 Å². The lowest BCUT2D eigenvalue weighted by molar-refractivity contribution is 0.0744. The van der Waals surface area contributed by atoms with Gasteiger partial charge in [0.25, 0.3) is 0 Å². The fourth-order valence-electron chi connectivity index (χ4n) is 3.35. The van der Waals surface area contributed by atoms with Crippen LogP contribution in [0.25, 0.3) is 0 Å². The van der Waals surface area contributed by atoms with Crippen LogP contribution in [-0.4, -0.2) is 53.5 Å². The van der Waals surface area contributed by atoms with Crippen LogP contribution in [0.15, 0.2) is 30.3 Å². The molecular formula is C18H30N2O2. The third-order valence-corrected chi connectivity index (χ3v) is 4.54. The highest BCUT2D eigenvalue weighted by molar-refractivity contribution is 5.14. The summed E-state index contributed by atoms with van der Waals surface area (Å²) >= 11 is 0. The molecule has 124 valence electrons. The topological polar surface area (TPSA) is 55.7 Å². The zero-order chi connectivity index (χ0) is 15.8. The van der Waals surface area contributed by atoms with E-state index in [2.05, 4.69) is 34.5 Å². The fourth-order valence-corrected chi connectivity index (χ4v) is 3.35. The van der Waals surface area contributed by atoms with Crippen molar-refractivity contribution in [1.82, 2.24) is 10.2 Å². The molecule has 22 heavy (non-hydrogen) atoms. The number of β-amino-alcohol motifs (C(OH)–C–C–N with tert-alkyl or cyclic N) is 1. The normalized spacial score (nSPS) is 24.3. The van der Waals surface area contributed by atoms with Gasteiger partial charge in [-0.2, -0.15) is 0 Å². The Morgan fingerprint density at radius 1 is 1.27 bits per heavy atom. The largest absolute Gasteiger partial charge is 0.395 e. The Morgan fingerprint density at radius 3 is 2.73 bits per heavy atom. The maximum absolute atomic E-state index is 9.93. The summed E-state index contributed by atoms with van der Waals surface area (Å²) < 4.78 is 0. The zero-order valence-electron chi connectivity index (χ0n) is 13.6. The molecule has 0 aliphatic carbocycles. The molecule has 3 N–H and O–H groups in total. The second kappa shape index (κ2) is 9.26. The summed E-state index contributed by atoms with van der Waals surface area (Å²) in [6.07, 6.45) is 2.58. The Balaban J connectivity index is 1.87. The van der Waals surface area contributed by atoms with Crippen LogP contribution in [0.1, 0.15) is 31.7 Å². The van der Waals surface area contributed by atoms with Crippen LogP contribution in [0.4, 0.5) is 0 Å². The maximum Gasteiger partial charge on any atom is 0.0558 e. The molecule has 1 aromatic carbocycles. The van der Waals surface area contributed by atoms with Crippen LogP contribution < -0.4 is 5.32 Å². The molecule has 0 amide bonds. The van der Waals surface area contributed by atoms with Gasteiger partial charge in [0.2, 0.25) is 0 Å². The average Bonchev–Trinajstić information content (AvgIpc) is 2.54. The molecule has 3 atom stereocenters. The van der Waals surface area contributed by atoms with Crippen molar-refractivity contribution in [2.75, 3.05) is 26.2 Å². The zero-order valence-corrected chi connectivity index (χ0v) is 13.6. The Hall–Kier alpha value is -0.940. The van der Waals surface area contributed by atoms with Gasteiger partial charge in [0.1, 0.15) is 0 Å². The van der Waals surface area contributed by atoms with Gasteiger partial charge in [-0.1, -0.05) is 37.3 Å². The van der Waals surface area contributed by atoms with E-state index in [1.54, 1.807) is 0 Å². The molecule has 1 heterocycles. The van der Waals surface area contributed by atoms with E-state index in [4.69, 9.17) is 0 Å². The Kier molecular flexibility index (Phi) is 7.33. The third-order valence-electron chi connectivity index (χ3n) is 4.54. The molecule has 1 aliphatic heterocycles. The number of aliphatic hydroxyl groups excluding tert-OH is 2. The van der Waals surface area contributed by atoms with Crippen LogP contribution in [0, 0.1) is 5.92 Å². The number of nitrogens with zero attached hydrogens (tertiary/aromatic N) is 1. The summed E-state index contributed by atoms with van der Waals surface area (Å²) in [7, 11) is 0. The maximum atomic E-state index is 9.93. The molecule has 0 radical (unpaired) electrons. The Bertz CT molecular complexity index is 413. The van der Waals surface area contributed by atoms with E-state index in [9.17, 15) is 10.2 Å². The van der Waals surface area contributed by atoms with E-state index in [0.29, 0.717) is 12.0 Å². The van der Waals surface area contributed by atoms with E-state index in [-0.39, 0.29) is 12.7 Å². The van der Waals surface area contributed by atoms with Crippen LogP contribution in [0.5, 0.6) is 0 Å². The van der Waals surface area contributed by atoms with Crippen molar-refractivity contribution in [2.24, 2.45) is 5.92 Å². The number of aliphatic hydroxyl groups is 2. The number of hydrogen-bond donors (Lipinski definition) is 3. The first-order valence-corrected chi connectivity index (χ1v) is 8.49. The lowest BCUT2D eigenvalue weighted by atomic mass is 9.88. The highest BCUT2D eigenvalue weighted by Crippen LogP contribution is 2.22. The Morgan fingerprint density at radius 2 is 2.05 bits per heavy atom. The number of likely N-dealkylation sites (tertiary alicyclic amines) is 1. The van der Waals surface area contributed by atoms with Crippen LogP contribution in [0.2, 0.25) is 0 Å². The predicted octanol–water partition coefficient (Wildman–Crippen LogP) is 1.62. The lowest BCUT2D eigenvalue weighted by Crippen LogP contribution is -2.50. The number of benzene rings is 1. The van der Waals surface area contributed by atoms with Crippen molar-refractivity contribution in [1.29, 1.82) is 0 Å². The Labute approximate surface area is 134 Å². The second-order valence-electron chi connectivity index (χ2n) is 6.45. The lowest BCUT2D eigenvalue weighted by Gasteiger charge is -2.38. The number of piperidine rings is 1. The first-order valence-electron chi connectivity index (χ1n) is 8.49. The molecule has 1 saturated heterocycles. The number of rotatable bonds is 8. The number of nitrogens with one attached hydrogen (secondary N) is 1. The van der Waals surface area contributed by atoms with E-state index < -0.39 is 0 Å². The number of hydrogen-bond acceptors (Lipinski definition) is 4. The quantitative estimate of drug-likeness (QED) is 0.683. The predicted molar refractivity (Wildman–Crippen MR) is 89.6 cm³/mol. The van der Waals surface area contributed by atoms with Gasteiger partial charge in [0.15, 0.2) is 0 Å². The monoisotopic (exact) mass is 306 g/mol. The van der Waals surface area contributed by atoms with Gasteiger partial charge in [-0.25, -0.2) is 0 Å². The standard InChI is InChI=1S/C18H30N2O2/c1-2-18(22)11-16-10-17(14-20(13-16)8-9-21)19-12-15-6-4-3-5-7-15/h3-7,16-19,21-22H,2,8-14H2,1H3. The summed E-state index contributed by atoms with van der Waals surface area (Å²) in [6.45, 7) is 5.80. The minimum atomic E-state index is -0.200. The summed E-state index contributed by atoms with van der Waals surface area (Å²) in [6, 6.07) is 10.9. The molecule has 0 saturated carbocycles. The van der Waals surface area contributed by atoms with E-state index in [1.165, 1.54) is 5.56 Å². The molecule has 0 spiro atoms. The first-order chi connectivity index (χ1) is 10.7. The van der Waals surface area contributed by atoms with Crippen molar-refractivity contribution in [3.8, 4) is 0 Å². The van der Waals surface area contributed by atoms with Gasteiger partial charge < -0.3 is 15.5 Å². The van der Waals surface area contributed by atoms with Gasteiger partial charge in [-0.05, 0) is 30.7 Å². The van der Waals surface area contributed by atoms with E-state index >= 15 is 0 Å². The SMILES string of the molecule is CCC(O)CC1CC(NCc2ccccc2)CN(CCO)C1. The van der Waals surface area contributed by atoms with E-state index in [1.807, 2.05) is 13.0 Å². The highest BCUT2D eigenvalue weighted by Gasteiger charge is 2.27. The summed E-state index contributed by atoms with van der Waals surface area (Å²) in [5.74, 6) is 0.503. The summed E-state index contributed by atoms with van der Waals surface area (Å²) in [4.78, 5) is 2.32. The minimum absolute atomic E-state index is 0.200. The van der Waals surface area contributed by atoms with Gasteiger partial charge in [-0.3, -0.25) is 4.90 Å². The van der Waals surface area contributed by atoms with Crippen LogP contribution in [-0.2, 0) is 6.54 Å². The molecule has 1 aromatic rings. The molecule has 4 nitrogen and oxygen atoms in total. The molecule has 1 aliphatic rings. The van der Waals surface area contributed by atoms with Crippen molar-refractivity contribution >= 4 is 0 Å². The fraction of sp³-hybridized carbons (Fsp3) is 0.667. The van der Waals surface area contributed by atoms with Gasteiger partial charge >= 0.3 is 0 Å². The highest BCUT2D eigenvalue weighted by atomic mass is 16.3. The van der Waals surface area contributed by atoms with E-state index in [0.717, 1.165) is 45.4 Å². The van der Waals surface area contributed by atoms with Gasteiger partial charge in [0, 0.05) is 32.2 Å². The van der Waals surface area contributed by atoms with Gasteiger partial charge in [-0.15, -0.1) is 0 Å². The second-order valence-corrected chi connectivity index (χ2v) is 6.45. The third kappa shape index (κ3) is 5.69. The smallest absolute Gasteiger partial charge is 0.0558 e. The summed E-state index contributed by atoms with van der Waals surface area (Å²) in [5, 5.41) is 22.8. The molecule has 3 unspecified atom stereocenters. The molecule has 2 rings (SSSR count). The average molecular weight is 306 g/mol. The first kappa shape index (κ1) is 17.4. The van der Waals surface area contributed by atoms with Crippen LogP contribution >= 0.6 is 0 Å². The van der Waals surface area contributed by atoms with Gasteiger partial charge in [0.05, 0.1) is 12.7 Å². The molecular weight excluding hydrogens is 276 g/mol. The summed E-state index contributed by atoms with van der Waals surface area (Å²) in [5.41, 5.74) is 1.30. The molecule has 1 fully saturated rings.